The molecule has 3 rings (SSSR count). The first-order valence-corrected chi connectivity index (χ1v) is 10.2. The van der Waals surface area contributed by atoms with E-state index < -0.39 is 19.1 Å². The van der Waals surface area contributed by atoms with Crippen LogP contribution in [0.5, 0.6) is 0 Å². The summed E-state index contributed by atoms with van der Waals surface area (Å²) in [4.78, 5) is 28.1. The number of carbonyl (C=O) groups excluding carboxylic acids is 1. The Morgan fingerprint density at radius 1 is 0.889 bits per heavy atom. The van der Waals surface area contributed by atoms with Crippen LogP contribution in [0, 0.1) is 0 Å². The van der Waals surface area contributed by atoms with E-state index in [0.29, 0.717) is 5.56 Å². The first-order chi connectivity index (χ1) is 13.1. The highest BCUT2D eigenvalue weighted by molar-refractivity contribution is 7.66. The van der Waals surface area contributed by atoms with Gasteiger partial charge in [-0.25, -0.2) is 0 Å². The largest absolute Gasteiger partial charge is 0.369 e. The number of rotatable bonds is 7. The van der Waals surface area contributed by atoms with E-state index in [1.165, 1.54) is 0 Å². The van der Waals surface area contributed by atoms with Gasteiger partial charge in [0.15, 0.2) is 0 Å². The third-order valence-corrected chi connectivity index (χ3v) is 6.21. The molecule has 0 saturated heterocycles. The molecule has 0 bridgehead atoms. The van der Waals surface area contributed by atoms with Crippen molar-refractivity contribution in [2.45, 2.75) is 12.2 Å². The van der Waals surface area contributed by atoms with Crippen LogP contribution in [0.1, 0.15) is 16.9 Å². The molecule has 0 aliphatic carbocycles. The zero-order valence-corrected chi connectivity index (χ0v) is 15.5. The number of hydroxylamine groups is 1. The van der Waals surface area contributed by atoms with Crippen molar-refractivity contribution in [3.05, 3.63) is 102 Å². The summed E-state index contributed by atoms with van der Waals surface area (Å²) in [6, 6.07) is 26.3. The number of nitrogens with one attached hydrogen (secondary N) is 1. The fraction of sp³-hybridized carbons (Fsp3) is 0.0952. The second-order valence-corrected chi connectivity index (χ2v) is 8.30. The molecule has 6 heteroatoms. The lowest BCUT2D eigenvalue weighted by Crippen LogP contribution is -2.28. The van der Waals surface area contributed by atoms with Crippen LogP contribution in [0.3, 0.4) is 0 Å². The summed E-state index contributed by atoms with van der Waals surface area (Å²) in [7, 11) is -3.90. The maximum atomic E-state index is 13.2. The zero-order chi connectivity index (χ0) is 19.1. The summed E-state index contributed by atoms with van der Waals surface area (Å²) in [5, 5.41) is 0.283. The minimum absolute atomic E-state index is 0.0659. The van der Waals surface area contributed by atoms with E-state index in [1.807, 2.05) is 36.4 Å². The van der Waals surface area contributed by atoms with Crippen molar-refractivity contribution in [2.24, 2.45) is 0 Å². The van der Waals surface area contributed by atoms with Crippen LogP contribution < -0.4 is 10.8 Å². The van der Waals surface area contributed by atoms with Crippen LogP contribution in [0.25, 0.3) is 0 Å². The van der Waals surface area contributed by atoms with E-state index in [9.17, 15) is 14.3 Å². The number of hydrogen-bond acceptors (Lipinski definition) is 4. The molecule has 0 saturated carbocycles. The van der Waals surface area contributed by atoms with Gasteiger partial charge in [-0.1, -0.05) is 78.9 Å². The Hall–Kier alpha value is -2.72. The Morgan fingerprint density at radius 3 is 2.00 bits per heavy atom. The summed E-state index contributed by atoms with van der Waals surface area (Å²) in [5.41, 5.74) is 3.89. The Labute approximate surface area is 158 Å². The molecule has 27 heavy (non-hydrogen) atoms. The van der Waals surface area contributed by atoms with Crippen molar-refractivity contribution in [3.63, 3.8) is 0 Å². The molecule has 0 radical (unpaired) electrons. The monoisotopic (exact) mass is 381 g/mol. The van der Waals surface area contributed by atoms with Crippen molar-refractivity contribution in [1.29, 1.82) is 0 Å². The Balaban J connectivity index is 1.79. The SMILES string of the molecule is O=C(Cc1ccccc1)ON[C@@H](c1ccccc1)P(=O)(O)c1ccccc1. The standard InChI is InChI=1S/C21H20NO4P/c23-20(16-17-10-4-1-5-11-17)26-22-21(18-12-6-2-7-13-18)27(24,25)19-14-8-3-9-15-19/h1-15,21-22H,16H2,(H,24,25)/t21-/m1/s1. The molecule has 2 N–H and O–H groups in total. The Morgan fingerprint density at radius 2 is 1.41 bits per heavy atom. The van der Waals surface area contributed by atoms with E-state index in [2.05, 4.69) is 5.48 Å². The Kier molecular flexibility index (Phi) is 6.20. The van der Waals surface area contributed by atoms with E-state index in [-0.39, 0.29) is 11.7 Å². The summed E-state index contributed by atoms with van der Waals surface area (Å²) < 4.78 is 13.2. The van der Waals surface area contributed by atoms with E-state index in [1.54, 1.807) is 54.6 Å². The highest BCUT2D eigenvalue weighted by Gasteiger charge is 2.35. The first-order valence-electron chi connectivity index (χ1n) is 8.49. The van der Waals surface area contributed by atoms with Crippen LogP contribution in [0.15, 0.2) is 91.0 Å². The topological polar surface area (TPSA) is 75.6 Å². The normalized spacial score (nSPS) is 14.1. The lowest BCUT2D eigenvalue weighted by Gasteiger charge is -2.24. The molecule has 0 aliphatic heterocycles. The fourth-order valence-electron chi connectivity index (χ4n) is 2.69. The Bertz CT molecular complexity index is 917. The minimum atomic E-state index is -3.90. The highest BCUT2D eigenvalue weighted by atomic mass is 31.2. The van der Waals surface area contributed by atoms with E-state index in [0.717, 1.165) is 5.56 Å². The second-order valence-electron chi connectivity index (χ2n) is 6.03. The van der Waals surface area contributed by atoms with Gasteiger partial charge in [-0.15, -0.1) is 5.48 Å². The average Bonchev–Trinajstić information content (AvgIpc) is 2.70. The number of carbonyl (C=O) groups is 1. The third kappa shape index (κ3) is 4.92. The molecule has 3 aromatic rings. The first kappa shape index (κ1) is 19.1. The predicted molar refractivity (Wildman–Crippen MR) is 104 cm³/mol. The maximum absolute atomic E-state index is 13.2. The third-order valence-electron chi connectivity index (χ3n) is 4.07. The molecule has 0 amide bonds. The van der Waals surface area contributed by atoms with Gasteiger partial charge in [-0.05, 0) is 23.3 Å². The highest BCUT2D eigenvalue weighted by Crippen LogP contribution is 2.52. The van der Waals surface area contributed by atoms with Crippen molar-refractivity contribution < 1.29 is 19.1 Å². The van der Waals surface area contributed by atoms with Gasteiger partial charge in [0.2, 0.25) is 0 Å². The zero-order valence-electron chi connectivity index (χ0n) is 14.6. The van der Waals surface area contributed by atoms with Crippen LogP contribution in [-0.4, -0.2) is 10.9 Å². The van der Waals surface area contributed by atoms with Crippen LogP contribution in [0.4, 0.5) is 0 Å². The molecular formula is C21H20NO4P. The van der Waals surface area contributed by atoms with E-state index >= 15 is 0 Å². The average molecular weight is 381 g/mol. The van der Waals surface area contributed by atoms with Crippen LogP contribution in [0.2, 0.25) is 0 Å². The summed E-state index contributed by atoms with van der Waals surface area (Å²) in [6.07, 6.45) is 0.0659. The van der Waals surface area contributed by atoms with Gasteiger partial charge in [-0.2, -0.15) is 0 Å². The van der Waals surface area contributed by atoms with Gasteiger partial charge in [0.25, 0.3) is 7.37 Å². The second kappa shape index (κ2) is 8.78. The van der Waals surface area contributed by atoms with Gasteiger partial charge < -0.3 is 9.73 Å². The lowest BCUT2D eigenvalue weighted by molar-refractivity contribution is -0.151. The van der Waals surface area contributed by atoms with Gasteiger partial charge in [0.05, 0.1) is 6.42 Å². The minimum Gasteiger partial charge on any atom is -0.369 e. The summed E-state index contributed by atoms with van der Waals surface area (Å²) >= 11 is 0. The van der Waals surface area contributed by atoms with Gasteiger partial charge in [0.1, 0.15) is 5.78 Å². The fourth-order valence-corrected chi connectivity index (χ4v) is 4.36. The van der Waals surface area contributed by atoms with Gasteiger partial charge in [-0.3, -0.25) is 9.36 Å². The van der Waals surface area contributed by atoms with Crippen LogP contribution >= 0.6 is 7.37 Å². The van der Waals surface area contributed by atoms with Gasteiger partial charge >= 0.3 is 5.97 Å². The van der Waals surface area contributed by atoms with E-state index in [4.69, 9.17) is 4.84 Å². The molecule has 3 aromatic carbocycles. The molecule has 1 unspecified atom stereocenters. The van der Waals surface area contributed by atoms with Crippen LogP contribution in [-0.2, 0) is 20.6 Å². The molecule has 0 aromatic heterocycles. The van der Waals surface area contributed by atoms with Gasteiger partial charge in [0, 0.05) is 5.30 Å². The predicted octanol–water partition coefficient (Wildman–Crippen LogP) is 3.57. The molecule has 2 atom stereocenters. The number of hydrogen-bond donors (Lipinski definition) is 2. The molecular weight excluding hydrogens is 361 g/mol. The maximum Gasteiger partial charge on any atom is 0.329 e. The smallest absolute Gasteiger partial charge is 0.329 e. The lowest BCUT2D eigenvalue weighted by atomic mass is 10.2. The molecule has 0 aliphatic rings. The molecule has 138 valence electrons. The summed E-state index contributed by atoms with van der Waals surface area (Å²) in [6.45, 7) is 0. The molecule has 0 fully saturated rings. The number of benzene rings is 3. The quantitative estimate of drug-likeness (QED) is 0.483. The molecule has 5 nitrogen and oxygen atoms in total. The summed E-state index contributed by atoms with van der Waals surface area (Å²) in [5.74, 6) is -1.60. The van der Waals surface area contributed by atoms with Crippen molar-refractivity contribution in [3.8, 4) is 0 Å². The van der Waals surface area contributed by atoms with Crippen molar-refractivity contribution in [1.82, 2.24) is 5.48 Å². The molecule has 0 heterocycles. The van der Waals surface area contributed by atoms with Crippen molar-refractivity contribution >= 4 is 18.6 Å². The molecule has 0 spiro atoms. The van der Waals surface area contributed by atoms with Crippen molar-refractivity contribution in [2.75, 3.05) is 0 Å².